The van der Waals surface area contributed by atoms with Crippen molar-refractivity contribution in [3.8, 4) is 11.1 Å². The van der Waals surface area contributed by atoms with E-state index in [9.17, 15) is 9.18 Å². The fourth-order valence-corrected chi connectivity index (χ4v) is 5.21. The van der Waals surface area contributed by atoms with E-state index in [1.807, 2.05) is 13.8 Å². The minimum absolute atomic E-state index is 0.214. The van der Waals surface area contributed by atoms with Gasteiger partial charge in [-0.2, -0.15) is 0 Å². The van der Waals surface area contributed by atoms with Gasteiger partial charge in [0.25, 0.3) is 0 Å². The first-order valence-corrected chi connectivity index (χ1v) is 13.6. The van der Waals surface area contributed by atoms with Crippen LogP contribution < -0.4 is 10.2 Å². The van der Waals surface area contributed by atoms with Crippen molar-refractivity contribution in [3.63, 3.8) is 0 Å². The van der Waals surface area contributed by atoms with E-state index in [1.165, 1.54) is 17.7 Å². The van der Waals surface area contributed by atoms with Crippen LogP contribution in [0.5, 0.6) is 0 Å². The van der Waals surface area contributed by atoms with Gasteiger partial charge >= 0.3 is 5.97 Å². The van der Waals surface area contributed by atoms with Crippen molar-refractivity contribution in [3.05, 3.63) is 82.4 Å². The van der Waals surface area contributed by atoms with Crippen LogP contribution in [0, 0.1) is 25.1 Å². The number of ether oxygens (including phenoxy) is 1. The molecule has 3 aromatic rings. The number of nitrogens with one attached hydrogen (secondary N) is 1. The lowest BCUT2D eigenvalue weighted by Gasteiger charge is -2.40. The second-order valence-corrected chi connectivity index (χ2v) is 11.0. The van der Waals surface area contributed by atoms with Crippen molar-refractivity contribution in [1.29, 1.82) is 0 Å². The highest BCUT2D eigenvalue weighted by Crippen LogP contribution is 2.41. The molecular weight excluding hydrogens is 477 g/mol. The van der Waals surface area contributed by atoms with E-state index < -0.39 is 0 Å². The number of benzene rings is 2. The zero-order chi connectivity index (χ0) is 27.3. The summed E-state index contributed by atoms with van der Waals surface area (Å²) in [6.07, 6.45) is 2.43. The van der Waals surface area contributed by atoms with Crippen LogP contribution >= 0.6 is 0 Å². The molecule has 0 saturated carbocycles. The lowest BCUT2D eigenvalue weighted by atomic mass is 9.82. The predicted molar refractivity (Wildman–Crippen MR) is 152 cm³/mol. The van der Waals surface area contributed by atoms with Crippen molar-refractivity contribution in [2.45, 2.75) is 67.0 Å². The van der Waals surface area contributed by atoms with Gasteiger partial charge in [0.2, 0.25) is 0 Å². The summed E-state index contributed by atoms with van der Waals surface area (Å²) in [5.41, 5.74) is 8.68. The van der Waals surface area contributed by atoms with E-state index in [0.29, 0.717) is 25.1 Å². The van der Waals surface area contributed by atoms with Gasteiger partial charge in [0.15, 0.2) is 0 Å². The first-order chi connectivity index (χ1) is 18.2. The molecule has 6 heteroatoms. The molecule has 0 radical (unpaired) electrons. The maximum absolute atomic E-state index is 13.2. The van der Waals surface area contributed by atoms with Crippen LogP contribution in [0.15, 0.2) is 48.5 Å². The highest BCUT2D eigenvalue weighted by Gasteiger charge is 2.30. The molecule has 4 rings (SSSR count). The lowest BCUT2D eigenvalue weighted by Crippen LogP contribution is -2.38. The molecule has 38 heavy (non-hydrogen) atoms. The summed E-state index contributed by atoms with van der Waals surface area (Å²) in [6.45, 7) is 14.2. The Morgan fingerprint density at radius 3 is 2.13 bits per heavy atom. The van der Waals surface area contributed by atoms with Crippen molar-refractivity contribution < 1.29 is 13.9 Å². The Balaban J connectivity index is 1.62. The SMILES string of the molecule is CCOC(=O)Cc1c(C)nc(C)c(-c2ccc(CNCc3ccc(F)cc3)cc2)c1N1CCC(C)(C)CC1. The molecular formula is C32H40FN3O2. The van der Waals surface area contributed by atoms with Crippen LogP contribution in [0.2, 0.25) is 0 Å². The van der Waals surface area contributed by atoms with Crippen molar-refractivity contribution in [1.82, 2.24) is 10.3 Å². The highest BCUT2D eigenvalue weighted by atomic mass is 19.1. The number of aryl methyl sites for hydroxylation is 2. The van der Waals surface area contributed by atoms with Crippen LogP contribution in [0.4, 0.5) is 10.1 Å². The molecule has 2 heterocycles. The minimum Gasteiger partial charge on any atom is -0.466 e. The van der Waals surface area contributed by atoms with E-state index >= 15 is 0 Å². The predicted octanol–water partition coefficient (Wildman–Crippen LogP) is 6.53. The van der Waals surface area contributed by atoms with Gasteiger partial charge in [-0.15, -0.1) is 0 Å². The largest absolute Gasteiger partial charge is 0.466 e. The molecule has 0 bridgehead atoms. The lowest BCUT2D eigenvalue weighted by molar-refractivity contribution is -0.142. The summed E-state index contributed by atoms with van der Waals surface area (Å²) < 4.78 is 18.5. The quantitative estimate of drug-likeness (QED) is 0.327. The summed E-state index contributed by atoms with van der Waals surface area (Å²) in [6, 6.07) is 15.2. The van der Waals surface area contributed by atoms with Gasteiger partial charge in [-0.05, 0) is 67.9 Å². The Kier molecular flexibility index (Phi) is 8.83. The van der Waals surface area contributed by atoms with Crippen LogP contribution in [-0.2, 0) is 29.0 Å². The Morgan fingerprint density at radius 2 is 1.55 bits per heavy atom. The van der Waals surface area contributed by atoms with Gasteiger partial charge in [-0.3, -0.25) is 9.78 Å². The molecule has 1 aliphatic heterocycles. The minimum atomic E-state index is -0.219. The van der Waals surface area contributed by atoms with Crippen molar-refractivity contribution in [2.75, 3.05) is 24.6 Å². The number of nitrogens with zero attached hydrogens (tertiary/aromatic N) is 2. The number of rotatable bonds is 9. The number of pyridine rings is 1. The molecule has 1 aliphatic rings. The third kappa shape index (κ3) is 6.79. The third-order valence-corrected chi connectivity index (χ3v) is 7.53. The topological polar surface area (TPSA) is 54.5 Å². The van der Waals surface area contributed by atoms with Crippen LogP contribution in [-0.4, -0.2) is 30.6 Å². The summed E-state index contributed by atoms with van der Waals surface area (Å²) in [4.78, 5) is 19.9. The molecule has 2 aromatic carbocycles. The number of esters is 1. The molecule has 202 valence electrons. The average Bonchev–Trinajstić information content (AvgIpc) is 2.88. The zero-order valence-corrected chi connectivity index (χ0v) is 23.4. The summed E-state index contributed by atoms with van der Waals surface area (Å²) in [7, 11) is 0. The number of carbonyl (C=O) groups excluding carboxylic acids is 1. The molecule has 0 spiro atoms. The first-order valence-electron chi connectivity index (χ1n) is 13.6. The van der Waals surface area contributed by atoms with E-state index in [0.717, 1.165) is 65.3 Å². The third-order valence-electron chi connectivity index (χ3n) is 7.53. The Bertz CT molecular complexity index is 1240. The fourth-order valence-electron chi connectivity index (χ4n) is 5.21. The van der Waals surface area contributed by atoms with Gasteiger partial charge in [0.05, 0.1) is 18.7 Å². The van der Waals surface area contributed by atoms with Gasteiger partial charge in [0, 0.05) is 48.7 Å². The molecule has 0 atom stereocenters. The van der Waals surface area contributed by atoms with E-state index in [-0.39, 0.29) is 18.2 Å². The second kappa shape index (κ2) is 12.1. The first kappa shape index (κ1) is 27.8. The molecule has 1 fully saturated rings. The average molecular weight is 518 g/mol. The number of aromatic nitrogens is 1. The number of anilines is 1. The van der Waals surface area contributed by atoms with Crippen LogP contribution in [0.25, 0.3) is 11.1 Å². The monoisotopic (exact) mass is 517 g/mol. The van der Waals surface area contributed by atoms with Gasteiger partial charge < -0.3 is 15.0 Å². The maximum Gasteiger partial charge on any atom is 0.310 e. The van der Waals surface area contributed by atoms with E-state index in [4.69, 9.17) is 9.72 Å². The van der Waals surface area contributed by atoms with E-state index in [1.54, 1.807) is 12.1 Å². The van der Waals surface area contributed by atoms with E-state index in [2.05, 4.69) is 55.3 Å². The smallest absolute Gasteiger partial charge is 0.310 e. The normalized spacial score (nSPS) is 14.9. The fraction of sp³-hybridized carbons (Fsp3) is 0.438. The molecule has 0 unspecified atom stereocenters. The number of carbonyl (C=O) groups is 1. The molecule has 0 amide bonds. The maximum atomic E-state index is 13.2. The van der Waals surface area contributed by atoms with Crippen molar-refractivity contribution >= 4 is 11.7 Å². The van der Waals surface area contributed by atoms with Gasteiger partial charge in [-0.1, -0.05) is 50.2 Å². The molecule has 1 saturated heterocycles. The summed E-state index contributed by atoms with van der Waals surface area (Å²) >= 11 is 0. The molecule has 0 aliphatic carbocycles. The molecule has 1 aromatic heterocycles. The standard InChI is InChI=1S/C32H40FN3O2/c1-6-38-29(37)19-28-22(2)35-23(3)30(31(28)36-17-15-32(4,5)16-18-36)26-11-7-24(8-12-26)20-34-21-25-9-13-27(33)14-10-25/h7-14,34H,6,15-21H2,1-5H3. The summed E-state index contributed by atoms with van der Waals surface area (Å²) in [5, 5.41) is 3.43. The Labute approximate surface area is 226 Å². The Hall–Kier alpha value is -3.25. The molecule has 5 nitrogen and oxygen atoms in total. The number of hydrogen-bond donors (Lipinski definition) is 1. The number of halogens is 1. The second-order valence-electron chi connectivity index (χ2n) is 11.0. The number of piperidine rings is 1. The summed E-state index contributed by atoms with van der Waals surface area (Å²) in [5.74, 6) is -0.434. The van der Waals surface area contributed by atoms with Gasteiger partial charge in [-0.25, -0.2) is 4.39 Å². The molecule has 1 N–H and O–H groups in total. The van der Waals surface area contributed by atoms with Crippen molar-refractivity contribution in [2.24, 2.45) is 5.41 Å². The van der Waals surface area contributed by atoms with Crippen LogP contribution in [0.3, 0.4) is 0 Å². The van der Waals surface area contributed by atoms with Gasteiger partial charge in [0.1, 0.15) is 5.82 Å². The highest BCUT2D eigenvalue weighted by molar-refractivity contribution is 5.86. The zero-order valence-electron chi connectivity index (χ0n) is 23.4. The Morgan fingerprint density at radius 1 is 0.974 bits per heavy atom. The number of hydrogen-bond acceptors (Lipinski definition) is 5. The van der Waals surface area contributed by atoms with Crippen LogP contribution in [0.1, 0.15) is 61.7 Å².